The lowest BCUT2D eigenvalue weighted by molar-refractivity contribution is 0.724. The van der Waals surface area contributed by atoms with E-state index in [4.69, 9.17) is 4.98 Å². The van der Waals surface area contributed by atoms with Crippen LogP contribution < -0.4 is 10.9 Å². The molecule has 0 amide bonds. The first-order valence-electron chi connectivity index (χ1n) is 8.76. The van der Waals surface area contributed by atoms with Gasteiger partial charge in [0.05, 0.1) is 22.9 Å². The second-order valence-electron chi connectivity index (χ2n) is 8.20. The third-order valence-corrected chi connectivity index (χ3v) is 10.8. The number of aromatic nitrogens is 2. The van der Waals surface area contributed by atoms with E-state index in [0.29, 0.717) is 6.54 Å². The Morgan fingerprint density at radius 1 is 0.960 bits per heavy atom. The number of para-hydroxylation sites is 2. The third kappa shape index (κ3) is 3.18. The minimum Gasteiger partial charge on any atom is -0.301 e. The van der Waals surface area contributed by atoms with Crippen molar-refractivity contribution in [1.29, 1.82) is 0 Å². The number of hydrogen-bond donors (Lipinski definition) is 0. The molecule has 0 aliphatic carbocycles. The number of hydrogen-bond acceptors (Lipinski definition) is 2. The zero-order valence-corrected chi connectivity index (χ0v) is 16.7. The Morgan fingerprint density at radius 3 is 2.20 bits per heavy atom. The molecule has 0 unspecified atom stereocenters. The summed E-state index contributed by atoms with van der Waals surface area (Å²) in [5.41, 5.74) is 2.99. The van der Waals surface area contributed by atoms with Crippen molar-refractivity contribution in [2.24, 2.45) is 0 Å². The molecule has 130 valence electrons. The molecule has 0 radical (unpaired) electrons. The Kier molecular flexibility index (Phi) is 4.41. The van der Waals surface area contributed by atoms with Crippen molar-refractivity contribution in [3.8, 4) is 0 Å². The van der Waals surface area contributed by atoms with Gasteiger partial charge >= 0.3 is 0 Å². The number of benzene rings is 2. The summed E-state index contributed by atoms with van der Waals surface area (Å²) in [6, 6.07) is 18.1. The molecule has 2 aromatic carbocycles. The summed E-state index contributed by atoms with van der Waals surface area (Å²) < 4.78 is 1.90. The largest absolute Gasteiger partial charge is 0.301 e. The second kappa shape index (κ2) is 6.26. The first-order valence-corrected chi connectivity index (χ1v) is 11.8. The molecule has 0 N–H and O–H groups in total. The van der Waals surface area contributed by atoms with Crippen LogP contribution in [0.2, 0.25) is 18.1 Å². The number of nitrogens with zero attached hydrogens (tertiary/aromatic N) is 2. The molecule has 3 nitrogen and oxygen atoms in total. The highest BCUT2D eigenvalue weighted by molar-refractivity contribution is 6.91. The average molecular weight is 351 g/mol. The maximum absolute atomic E-state index is 13.4. The Labute approximate surface area is 150 Å². The van der Waals surface area contributed by atoms with Crippen LogP contribution in [0.1, 0.15) is 26.3 Å². The lowest BCUT2D eigenvalue weighted by atomic mass is 10.2. The van der Waals surface area contributed by atoms with Crippen LogP contribution in [-0.2, 0) is 6.54 Å². The monoisotopic (exact) mass is 350 g/mol. The Balaban J connectivity index is 2.28. The fraction of sp³-hybridized carbons (Fsp3) is 0.333. The minimum absolute atomic E-state index is 0.0617. The van der Waals surface area contributed by atoms with E-state index in [1.807, 2.05) is 47.0 Å². The normalized spacial score (nSPS) is 12.5. The molecule has 0 saturated heterocycles. The van der Waals surface area contributed by atoms with Gasteiger partial charge in [0.15, 0.2) is 0 Å². The average Bonchev–Trinajstić information content (AvgIpc) is 2.57. The highest BCUT2D eigenvalue weighted by Crippen LogP contribution is 2.34. The quantitative estimate of drug-likeness (QED) is 0.665. The molecule has 1 heterocycles. The van der Waals surface area contributed by atoms with Crippen molar-refractivity contribution < 1.29 is 0 Å². The van der Waals surface area contributed by atoms with Gasteiger partial charge in [-0.2, -0.15) is 0 Å². The molecule has 0 fully saturated rings. The van der Waals surface area contributed by atoms with Crippen LogP contribution in [0.3, 0.4) is 0 Å². The van der Waals surface area contributed by atoms with Crippen LogP contribution in [0.25, 0.3) is 11.0 Å². The fourth-order valence-corrected chi connectivity index (χ4v) is 4.66. The molecule has 0 bridgehead atoms. The predicted molar refractivity (Wildman–Crippen MR) is 108 cm³/mol. The highest BCUT2D eigenvalue weighted by atomic mass is 28.3. The van der Waals surface area contributed by atoms with Crippen LogP contribution >= 0.6 is 0 Å². The van der Waals surface area contributed by atoms with E-state index in [0.717, 1.165) is 21.9 Å². The zero-order chi connectivity index (χ0) is 18.2. The van der Waals surface area contributed by atoms with Crippen molar-refractivity contribution in [3.05, 3.63) is 70.5 Å². The molecule has 0 atom stereocenters. The summed E-state index contributed by atoms with van der Waals surface area (Å²) in [7, 11) is -2.04. The van der Waals surface area contributed by atoms with Gasteiger partial charge in [-0.25, -0.2) is 0 Å². The van der Waals surface area contributed by atoms with Gasteiger partial charge < -0.3 is 4.57 Å². The molecular weight excluding hydrogens is 324 g/mol. The first-order chi connectivity index (χ1) is 11.7. The van der Waals surface area contributed by atoms with E-state index in [9.17, 15) is 4.79 Å². The number of fused-ring (bicyclic) bond motifs is 1. The van der Waals surface area contributed by atoms with E-state index in [-0.39, 0.29) is 10.6 Å². The van der Waals surface area contributed by atoms with Gasteiger partial charge in [0.1, 0.15) is 8.07 Å². The lowest BCUT2D eigenvalue weighted by Gasteiger charge is -2.36. The Bertz CT molecular complexity index is 953. The van der Waals surface area contributed by atoms with Crippen molar-refractivity contribution in [3.63, 3.8) is 0 Å². The maximum atomic E-state index is 13.4. The van der Waals surface area contributed by atoms with E-state index in [1.54, 1.807) is 0 Å². The summed E-state index contributed by atoms with van der Waals surface area (Å²) in [6.45, 7) is 11.7. The summed E-state index contributed by atoms with van der Waals surface area (Å²) in [5.74, 6) is 0. The van der Waals surface area contributed by atoms with Gasteiger partial charge in [-0.05, 0) is 22.7 Å². The third-order valence-electron chi connectivity index (χ3n) is 5.50. The van der Waals surface area contributed by atoms with Crippen LogP contribution in [0.15, 0.2) is 59.4 Å². The SMILES string of the molecule is CC(C)(C)[Si](C)(C)c1nc2ccccc2n(Cc2ccccc2)c1=O. The molecule has 0 saturated carbocycles. The fourth-order valence-electron chi connectivity index (χ4n) is 2.88. The molecular formula is C21H26N2OSi. The zero-order valence-electron chi connectivity index (χ0n) is 15.7. The van der Waals surface area contributed by atoms with E-state index in [1.165, 1.54) is 0 Å². The first kappa shape index (κ1) is 17.6. The van der Waals surface area contributed by atoms with Crippen LogP contribution in [0, 0.1) is 0 Å². The standard InChI is InChI=1S/C21H26N2OSi/c1-21(2,3)25(4,5)19-20(24)23(15-16-11-7-6-8-12-16)18-14-10-9-13-17(18)22-19/h6-14H,15H2,1-5H3. The van der Waals surface area contributed by atoms with Gasteiger partial charge in [-0.15, -0.1) is 0 Å². The Morgan fingerprint density at radius 2 is 1.56 bits per heavy atom. The van der Waals surface area contributed by atoms with E-state index >= 15 is 0 Å². The van der Waals surface area contributed by atoms with Gasteiger partial charge in [-0.1, -0.05) is 76.3 Å². The molecule has 4 heteroatoms. The molecule has 3 aromatic rings. The van der Waals surface area contributed by atoms with Crippen molar-refractivity contribution >= 4 is 24.4 Å². The minimum atomic E-state index is -2.04. The van der Waals surface area contributed by atoms with Crippen molar-refractivity contribution in [2.45, 2.75) is 45.4 Å². The smallest absolute Gasteiger partial charge is 0.268 e. The molecule has 3 rings (SSSR count). The number of rotatable bonds is 3. The molecule has 0 aliphatic rings. The van der Waals surface area contributed by atoms with Crippen molar-refractivity contribution in [1.82, 2.24) is 9.55 Å². The summed E-state index contributed by atoms with van der Waals surface area (Å²) in [4.78, 5) is 18.3. The van der Waals surface area contributed by atoms with Gasteiger partial charge in [-0.3, -0.25) is 9.78 Å². The highest BCUT2D eigenvalue weighted by Gasteiger charge is 2.41. The van der Waals surface area contributed by atoms with Crippen LogP contribution in [-0.4, -0.2) is 17.6 Å². The predicted octanol–water partition coefficient (Wildman–Crippen LogP) is 4.16. The summed E-state index contributed by atoms with van der Waals surface area (Å²) in [5, 5.41) is 0.835. The Hall–Kier alpha value is -2.20. The molecule has 0 spiro atoms. The van der Waals surface area contributed by atoms with Gasteiger partial charge in [0.25, 0.3) is 5.56 Å². The van der Waals surface area contributed by atoms with Crippen LogP contribution in [0.4, 0.5) is 0 Å². The van der Waals surface area contributed by atoms with Gasteiger partial charge in [0.2, 0.25) is 0 Å². The summed E-state index contributed by atoms with van der Waals surface area (Å²) in [6.07, 6.45) is 0. The molecule has 1 aromatic heterocycles. The molecule has 25 heavy (non-hydrogen) atoms. The van der Waals surface area contributed by atoms with Crippen LogP contribution in [0.5, 0.6) is 0 Å². The topological polar surface area (TPSA) is 34.9 Å². The summed E-state index contributed by atoms with van der Waals surface area (Å²) >= 11 is 0. The van der Waals surface area contributed by atoms with Gasteiger partial charge in [0, 0.05) is 0 Å². The second-order valence-corrected chi connectivity index (χ2v) is 13.4. The van der Waals surface area contributed by atoms with E-state index in [2.05, 4.69) is 46.0 Å². The van der Waals surface area contributed by atoms with E-state index < -0.39 is 8.07 Å². The maximum Gasteiger partial charge on any atom is 0.268 e. The molecule has 0 aliphatic heterocycles. The van der Waals surface area contributed by atoms with Crippen molar-refractivity contribution in [2.75, 3.05) is 0 Å². The lowest BCUT2D eigenvalue weighted by Crippen LogP contribution is -2.59.